The molecule has 20 heavy (non-hydrogen) atoms. The van der Waals surface area contributed by atoms with E-state index in [0.29, 0.717) is 0 Å². The molecule has 0 radical (unpaired) electrons. The number of hydrogen-bond donors (Lipinski definition) is 0. The Kier molecular flexibility index (Phi) is 2.75. The highest BCUT2D eigenvalue weighted by atomic mass is 79.9. The average Bonchev–Trinajstić information content (AvgIpc) is 2.53. The maximum Gasteiger partial charge on any atom is 0.0289 e. The molecule has 0 spiro atoms. The van der Waals surface area contributed by atoms with Crippen LogP contribution in [0, 0.1) is 0 Å². The van der Waals surface area contributed by atoms with Crippen molar-refractivity contribution in [3.8, 4) is 0 Å². The van der Waals surface area contributed by atoms with Crippen molar-refractivity contribution in [2.75, 3.05) is 0 Å². The molecular weight excluding hydrogens is 308 g/mol. The highest BCUT2D eigenvalue weighted by Gasteiger charge is 2.08. The summed E-state index contributed by atoms with van der Waals surface area (Å²) in [4.78, 5) is 0. The fraction of sp³-hybridized carbons (Fsp3) is 0.0526. The first-order valence-electron chi connectivity index (χ1n) is 6.76. The molecule has 0 fully saturated rings. The Hall–Kier alpha value is -1.86. The molecule has 0 amide bonds. The zero-order valence-electron chi connectivity index (χ0n) is 10.9. The molecule has 1 heteroatoms. The SMILES string of the molecule is BrCc1cc2ccccc2c2ccc3ccccc3c12. The maximum atomic E-state index is 3.65. The van der Waals surface area contributed by atoms with Gasteiger partial charge in [0.05, 0.1) is 0 Å². The third-order valence-electron chi connectivity index (χ3n) is 3.97. The van der Waals surface area contributed by atoms with Crippen molar-refractivity contribution in [1.29, 1.82) is 0 Å². The lowest BCUT2D eigenvalue weighted by molar-refractivity contribution is 1.52. The molecule has 0 aliphatic heterocycles. The van der Waals surface area contributed by atoms with Crippen molar-refractivity contribution in [3.63, 3.8) is 0 Å². The zero-order chi connectivity index (χ0) is 13.5. The van der Waals surface area contributed by atoms with Gasteiger partial charge in [0, 0.05) is 5.33 Å². The van der Waals surface area contributed by atoms with Crippen LogP contribution in [0.3, 0.4) is 0 Å². The second-order valence-electron chi connectivity index (χ2n) is 5.10. The van der Waals surface area contributed by atoms with Crippen LogP contribution in [-0.4, -0.2) is 0 Å². The highest BCUT2D eigenvalue weighted by Crippen LogP contribution is 2.34. The minimum absolute atomic E-state index is 0.877. The molecule has 0 bridgehead atoms. The van der Waals surface area contributed by atoms with Gasteiger partial charge in [-0.25, -0.2) is 0 Å². The van der Waals surface area contributed by atoms with Crippen molar-refractivity contribution in [3.05, 3.63) is 72.3 Å². The van der Waals surface area contributed by atoms with E-state index in [9.17, 15) is 0 Å². The number of alkyl halides is 1. The summed E-state index contributed by atoms with van der Waals surface area (Å²) in [7, 11) is 0. The maximum absolute atomic E-state index is 3.65. The Morgan fingerprint density at radius 1 is 0.650 bits per heavy atom. The van der Waals surface area contributed by atoms with Gasteiger partial charge in [0.25, 0.3) is 0 Å². The first-order chi connectivity index (χ1) is 9.88. The van der Waals surface area contributed by atoms with E-state index < -0.39 is 0 Å². The van der Waals surface area contributed by atoms with Crippen LogP contribution in [0.25, 0.3) is 32.3 Å². The fourth-order valence-corrected chi connectivity index (χ4v) is 3.52. The first kappa shape index (κ1) is 11.9. The Morgan fingerprint density at radius 3 is 2.15 bits per heavy atom. The van der Waals surface area contributed by atoms with E-state index in [4.69, 9.17) is 0 Å². The number of benzene rings is 4. The number of rotatable bonds is 1. The smallest absolute Gasteiger partial charge is 0.0289 e. The van der Waals surface area contributed by atoms with E-state index in [1.54, 1.807) is 0 Å². The summed E-state index contributed by atoms with van der Waals surface area (Å²) >= 11 is 3.65. The molecule has 0 N–H and O–H groups in total. The van der Waals surface area contributed by atoms with Gasteiger partial charge >= 0.3 is 0 Å². The third kappa shape index (κ3) is 1.66. The molecular formula is C19H13Br. The van der Waals surface area contributed by atoms with Crippen molar-refractivity contribution in [2.45, 2.75) is 5.33 Å². The monoisotopic (exact) mass is 320 g/mol. The minimum atomic E-state index is 0.877. The third-order valence-corrected chi connectivity index (χ3v) is 4.58. The Morgan fingerprint density at radius 2 is 1.35 bits per heavy atom. The van der Waals surface area contributed by atoms with Gasteiger partial charge in [-0.15, -0.1) is 0 Å². The fourth-order valence-electron chi connectivity index (χ4n) is 3.08. The zero-order valence-corrected chi connectivity index (χ0v) is 12.5. The summed E-state index contributed by atoms with van der Waals surface area (Å²) in [6, 6.07) is 24.0. The molecule has 0 atom stereocenters. The second kappa shape index (κ2) is 4.60. The molecule has 0 nitrogen and oxygen atoms in total. The van der Waals surface area contributed by atoms with Gasteiger partial charge in [-0.1, -0.05) is 76.6 Å². The number of halogens is 1. The second-order valence-corrected chi connectivity index (χ2v) is 5.66. The molecule has 0 aliphatic carbocycles. The summed E-state index contributed by atoms with van der Waals surface area (Å²) < 4.78 is 0. The van der Waals surface area contributed by atoms with E-state index in [1.165, 1.54) is 37.9 Å². The van der Waals surface area contributed by atoms with Crippen LogP contribution in [0.1, 0.15) is 5.56 Å². The molecule has 96 valence electrons. The van der Waals surface area contributed by atoms with E-state index in [2.05, 4.69) is 82.7 Å². The lowest BCUT2D eigenvalue weighted by Gasteiger charge is -2.11. The summed E-state index contributed by atoms with van der Waals surface area (Å²) in [5, 5.41) is 8.88. The van der Waals surface area contributed by atoms with Crippen LogP contribution in [-0.2, 0) is 5.33 Å². The average molecular weight is 321 g/mol. The summed E-state index contributed by atoms with van der Waals surface area (Å²) in [6.07, 6.45) is 0. The lowest BCUT2D eigenvalue weighted by atomic mass is 9.94. The molecule has 0 saturated carbocycles. The van der Waals surface area contributed by atoms with Crippen molar-refractivity contribution in [1.82, 2.24) is 0 Å². The quantitative estimate of drug-likeness (QED) is 0.296. The molecule has 0 aliphatic rings. The van der Waals surface area contributed by atoms with E-state index in [0.717, 1.165) is 5.33 Å². The first-order valence-corrected chi connectivity index (χ1v) is 7.89. The van der Waals surface area contributed by atoms with Crippen LogP contribution >= 0.6 is 15.9 Å². The van der Waals surface area contributed by atoms with Gasteiger partial charge in [-0.2, -0.15) is 0 Å². The molecule has 0 unspecified atom stereocenters. The van der Waals surface area contributed by atoms with E-state index in [-0.39, 0.29) is 0 Å². The van der Waals surface area contributed by atoms with Gasteiger partial charge < -0.3 is 0 Å². The van der Waals surface area contributed by atoms with Crippen LogP contribution in [0.4, 0.5) is 0 Å². The van der Waals surface area contributed by atoms with Gasteiger partial charge in [0.1, 0.15) is 0 Å². The van der Waals surface area contributed by atoms with E-state index >= 15 is 0 Å². The minimum Gasteiger partial charge on any atom is -0.0876 e. The van der Waals surface area contributed by atoms with Crippen molar-refractivity contribution >= 4 is 48.2 Å². The molecule has 4 aromatic rings. The van der Waals surface area contributed by atoms with Crippen LogP contribution in [0.2, 0.25) is 0 Å². The van der Waals surface area contributed by atoms with Gasteiger partial charge in [0.15, 0.2) is 0 Å². The standard InChI is InChI=1S/C19H13Br/c20-12-15-11-14-6-2-3-7-16(14)18-10-9-13-5-1-4-8-17(13)19(15)18/h1-11H,12H2. The lowest BCUT2D eigenvalue weighted by Crippen LogP contribution is -1.87. The number of hydrogen-bond acceptors (Lipinski definition) is 0. The van der Waals surface area contributed by atoms with Crippen LogP contribution < -0.4 is 0 Å². The van der Waals surface area contributed by atoms with Gasteiger partial charge in [-0.3, -0.25) is 0 Å². The molecule has 4 aromatic carbocycles. The summed E-state index contributed by atoms with van der Waals surface area (Å²) in [5.41, 5.74) is 1.36. The number of fused-ring (bicyclic) bond motifs is 5. The van der Waals surface area contributed by atoms with Gasteiger partial charge in [-0.05, 0) is 43.9 Å². The largest absolute Gasteiger partial charge is 0.0876 e. The Bertz CT molecular complexity index is 938. The van der Waals surface area contributed by atoms with E-state index in [1.807, 2.05) is 0 Å². The predicted molar refractivity (Wildman–Crippen MR) is 91.6 cm³/mol. The van der Waals surface area contributed by atoms with Gasteiger partial charge in [0.2, 0.25) is 0 Å². The molecule has 4 rings (SSSR count). The topological polar surface area (TPSA) is 0 Å². The van der Waals surface area contributed by atoms with Crippen molar-refractivity contribution < 1.29 is 0 Å². The predicted octanol–water partition coefficient (Wildman–Crippen LogP) is 6.04. The molecule has 0 saturated heterocycles. The van der Waals surface area contributed by atoms with Crippen LogP contribution in [0.15, 0.2) is 66.7 Å². The molecule has 0 aromatic heterocycles. The Labute approximate surface area is 126 Å². The molecule has 0 heterocycles. The van der Waals surface area contributed by atoms with Crippen LogP contribution in [0.5, 0.6) is 0 Å². The summed E-state index contributed by atoms with van der Waals surface area (Å²) in [5.74, 6) is 0. The highest BCUT2D eigenvalue weighted by molar-refractivity contribution is 9.08. The normalized spacial score (nSPS) is 11.4. The van der Waals surface area contributed by atoms with Crippen molar-refractivity contribution in [2.24, 2.45) is 0 Å². The summed E-state index contributed by atoms with van der Waals surface area (Å²) in [6.45, 7) is 0. The Balaban J connectivity index is 2.33.